The van der Waals surface area contributed by atoms with Crippen LogP contribution in [0, 0.1) is 0 Å². The van der Waals surface area contributed by atoms with Gasteiger partial charge in [0.15, 0.2) is 10.0 Å². The average Bonchev–Trinajstić information content (AvgIpc) is 2.69. The van der Waals surface area contributed by atoms with Crippen LogP contribution in [0.5, 0.6) is 5.75 Å². The van der Waals surface area contributed by atoms with Crippen molar-refractivity contribution in [1.82, 2.24) is 4.72 Å². The van der Waals surface area contributed by atoms with E-state index in [2.05, 4.69) is 24.8 Å². The molecule has 0 bridgehead atoms. The Morgan fingerprint density at radius 1 is 1.17 bits per heavy atom. The predicted molar refractivity (Wildman–Crippen MR) is 111 cm³/mol. The van der Waals surface area contributed by atoms with Gasteiger partial charge in [0, 0.05) is 11.5 Å². The molecule has 2 aromatic carbocycles. The van der Waals surface area contributed by atoms with Crippen molar-refractivity contribution in [2.45, 2.75) is 50.5 Å². The monoisotopic (exact) mass is 772 g/mol. The SMILES string of the molecule is CC.CC1(C)CC(c2ccccc2)c2ccc(S(=O)(=O)NC(=[N-])[S-])cc2O1.[W]=[W]. The molecule has 0 aromatic heterocycles. The molecular formula is C20H24N2O3S2W2-2. The van der Waals surface area contributed by atoms with Crippen molar-refractivity contribution < 1.29 is 45.6 Å². The second-order valence-corrected chi connectivity index (χ2v) is 8.71. The van der Waals surface area contributed by atoms with E-state index in [0.717, 1.165) is 17.5 Å². The molecule has 0 amide bonds. The van der Waals surface area contributed by atoms with E-state index in [-0.39, 0.29) is 10.8 Å². The molecule has 1 aliphatic heterocycles. The van der Waals surface area contributed by atoms with Gasteiger partial charge in [0.05, 0.1) is 4.90 Å². The Kier molecular flexibility index (Phi) is 10.5. The van der Waals surface area contributed by atoms with Crippen LogP contribution in [0.15, 0.2) is 53.4 Å². The quantitative estimate of drug-likeness (QED) is 0.289. The van der Waals surface area contributed by atoms with Crippen LogP contribution in [0.1, 0.15) is 51.2 Å². The Morgan fingerprint density at radius 3 is 2.31 bits per heavy atom. The van der Waals surface area contributed by atoms with Crippen molar-refractivity contribution in [3.05, 3.63) is 65.1 Å². The molecule has 0 saturated carbocycles. The topological polar surface area (TPSA) is 77.7 Å². The summed E-state index contributed by atoms with van der Waals surface area (Å²) in [5.41, 5.74) is 1.66. The fourth-order valence-corrected chi connectivity index (χ4v) is 4.34. The molecule has 0 radical (unpaired) electrons. The maximum atomic E-state index is 12.2. The second kappa shape index (κ2) is 11.6. The fourth-order valence-electron chi connectivity index (χ4n) is 3.16. The molecule has 1 N–H and O–H groups in total. The summed E-state index contributed by atoms with van der Waals surface area (Å²) in [5.74, 6) is 0.639. The van der Waals surface area contributed by atoms with Gasteiger partial charge in [-0.05, 0) is 38.0 Å². The Bertz CT molecular complexity index is 936. The number of sulfonamides is 1. The van der Waals surface area contributed by atoms with Crippen LogP contribution in [-0.4, -0.2) is 19.2 Å². The first-order valence-corrected chi connectivity index (χ1v) is 21.9. The Hall–Kier alpha value is -0.743. The second-order valence-electron chi connectivity index (χ2n) is 6.64. The molecule has 158 valence electrons. The van der Waals surface area contributed by atoms with Crippen LogP contribution in [-0.2, 0) is 55.1 Å². The first-order chi connectivity index (χ1) is 13.7. The van der Waals surface area contributed by atoms with Crippen LogP contribution in [0.4, 0.5) is 0 Å². The van der Waals surface area contributed by atoms with Gasteiger partial charge in [-0.15, -0.1) is 0 Å². The summed E-state index contributed by atoms with van der Waals surface area (Å²) in [7, 11) is -3.93. The van der Waals surface area contributed by atoms with Gasteiger partial charge in [-0.3, -0.25) is 0 Å². The molecule has 0 fully saturated rings. The van der Waals surface area contributed by atoms with E-state index in [1.165, 1.54) is 12.1 Å². The van der Waals surface area contributed by atoms with E-state index < -0.39 is 20.8 Å². The standard InChI is InChI=1S/C18H19N2O3S2.C2H6.2W/c1-18(2)11-15(12-6-4-3-5-7-12)14-9-8-13(10-16(14)23-18)25(21,22)20-17(19)24;1-2;;/h3-10,15H,11H2,1-2H3,(H2-,19,20,24);1-2H3;;/q-1;;;/p-1. The van der Waals surface area contributed by atoms with Crippen molar-refractivity contribution in [1.29, 1.82) is 0 Å². The number of fused-ring (bicyclic) bond motifs is 1. The van der Waals surface area contributed by atoms with Crippen molar-refractivity contribution in [2.24, 2.45) is 0 Å². The van der Waals surface area contributed by atoms with E-state index in [1.54, 1.807) is 38.5 Å². The van der Waals surface area contributed by atoms with Gasteiger partial charge >= 0.3 is 32.4 Å². The van der Waals surface area contributed by atoms with Gasteiger partial charge < -0.3 is 27.5 Å². The molecule has 1 atom stereocenters. The van der Waals surface area contributed by atoms with Crippen LogP contribution in [0.2, 0.25) is 0 Å². The van der Waals surface area contributed by atoms with Gasteiger partial charge in [0.25, 0.3) is 0 Å². The number of ether oxygens (including phenoxy) is 1. The molecule has 29 heavy (non-hydrogen) atoms. The molecule has 5 nitrogen and oxygen atoms in total. The van der Waals surface area contributed by atoms with Crippen molar-refractivity contribution in [3.63, 3.8) is 0 Å². The van der Waals surface area contributed by atoms with E-state index in [9.17, 15) is 8.42 Å². The molecular weight excluding hydrogens is 748 g/mol. The normalized spacial score (nSPS) is 16.5. The predicted octanol–water partition coefficient (Wildman–Crippen LogP) is 4.15. The summed E-state index contributed by atoms with van der Waals surface area (Å²) < 4.78 is 32.4. The molecule has 1 unspecified atom stereocenters. The summed E-state index contributed by atoms with van der Waals surface area (Å²) in [5, 5.41) is 8.28. The molecule has 1 aliphatic rings. The minimum absolute atomic E-state index is 0.00726. The first kappa shape index (κ1) is 26.3. The minimum atomic E-state index is -3.93. The Morgan fingerprint density at radius 2 is 1.76 bits per heavy atom. The summed E-state index contributed by atoms with van der Waals surface area (Å²) in [4.78, 5) is -0.00726. The zero-order chi connectivity index (χ0) is 22.2. The summed E-state index contributed by atoms with van der Waals surface area (Å²) in [6.07, 6.45) is 0.787. The van der Waals surface area contributed by atoms with E-state index in [1.807, 2.05) is 50.6 Å². The van der Waals surface area contributed by atoms with E-state index in [4.69, 9.17) is 10.1 Å². The van der Waals surface area contributed by atoms with Crippen LogP contribution < -0.4 is 9.46 Å². The van der Waals surface area contributed by atoms with Crippen LogP contribution >= 0.6 is 0 Å². The zero-order valence-electron chi connectivity index (χ0n) is 16.7. The number of rotatable bonds is 3. The van der Waals surface area contributed by atoms with Crippen LogP contribution in [0.25, 0.3) is 5.41 Å². The van der Waals surface area contributed by atoms with Crippen molar-refractivity contribution in [2.75, 3.05) is 0 Å². The van der Waals surface area contributed by atoms with Crippen molar-refractivity contribution in [3.8, 4) is 5.75 Å². The third kappa shape index (κ3) is 7.17. The molecule has 0 aliphatic carbocycles. The molecule has 9 heteroatoms. The zero-order valence-corrected chi connectivity index (χ0v) is 24.2. The molecule has 1 heterocycles. The van der Waals surface area contributed by atoms with E-state index >= 15 is 0 Å². The average molecular weight is 772 g/mol. The summed E-state index contributed by atoms with van der Waals surface area (Å²) in [6.45, 7) is 7.96. The van der Waals surface area contributed by atoms with E-state index in [0.29, 0.717) is 5.75 Å². The Labute approximate surface area is 198 Å². The third-order valence-electron chi connectivity index (χ3n) is 4.18. The van der Waals surface area contributed by atoms with Gasteiger partial charge in [0.2, 0.25) is 0 Å². The number of nitrogens with one attached hydrogen (secondary N) is 1. The maximum absolute atomic E-state index is 12.2. The summed E-state index contributed by atoms with van der Waals surface area (Å²) >= 11 is 7.75. The van der Waals surface area contributed by atoms with Gasteiger partial charge in [-0.25, -0.2) is 13.6 Å². The number of hydrogen-bond acceptors (Lipinski definition) is 4. The molecule has 0 saturated heterocycles. The summed E-state index contributed by atoms with van der Waals surface area (Å²) in [6, 6.07) is 14.8. The van der Waals surface area contributed by atoms with Crippen LogP contribution in [0.3, 0.4) is 0 Å². The third-order valence-corrected chi connectivity index (χ3v) is 5.74. The van der Waals surface area contributed by atoms with Gasteiger partial charge in [-0.1, -0.05) is 50.2 Å². The Balaban J connectivity index is 0.000000989. The van der Waals surface area contributed by atoms with Gasteiger partial charge in [0.1, 0.15) is 11.4 Å². The molecule has 0 spiro atoms. The van der Waals surface area contributed by atoms with Crippen molar-refractivity contribution >= 4 is 27.8 Å². The number of nitrogens with zero attached hydrogens (tertiary/aromatic N) is 1. The fraction of sp³-hybridized carbons (Fsp3) is 0.350. The molecule has 2 aromatic rings. The number of benzene rings is 2. The molecule has 3 rings (SSSR count). The number of hydrogen-bond donors (Lipinski definition) is 1. The first-order valence-electron chi connectivity index (χ1n) is 8.98. The van der Waals surface area contributed by atoms with Gasteiger partial charge in [-0.2, -0.15) is 0 Å². The number of amidine groups is 1.